The fraction of sp³-hybridized carbons (Fsp3) is 0.355. The molecule has 0 aromatic heterocycles. The molecule has 0 unspecified atom stereocenters. The van der Waals surface area contributed by atoms with Crippen LogP contribution in [0.1, 0.15) is 44.2 Å². The Balaban J connectivity index is 1.99. The van der Waals surface area contributed by atoms with Gasteiger partial charge < -0.3 is 10.2 Å². The zero-order valence-corrected chi connectivity index (χ0v) is 24.9. The lowest BCUT2D eigenvalue weighted by molar-refractivity contribution is -0.139. The van der Waals surface area contributed by atoms with Crippen LogP contribution < -0.4 is 9.62 Å². The topological polar surface area (TPSA) is 86.8 Å². The molecule has 0 heterocycles. The molecule has 0 aliphatic rings. The minimum absolute atomic E-state index is 0.0214. The first-order chi connectivity index (χ1) is 19.2. The summed E-state index contributed by atoms with van der Waals surface area (Å²) in [5.41, 5.74) is 2.12. The Bertz CT molecular complexity index is 1360. The molecule has 3 aromatic carbocycles. The number of hydrogen-bond acceptors (Lipinski definition) is 4. The van der Waals surface area contributed by atoms with Gasteiger partial charge in [0.25, 0.3) is 10.0 Å². The highest BCUT2D eigenvalue weighted by Crippen LogP contribution is 2.28. The lowest BCUT2D eigenvalue weighted by atomic mass is 10.1. The number of amides is 2. The lowest BCUT2D eigenvalue weighted by Gasteiger charge is -2.33. The number of halogens is 1. The molecule has 9 heteroatoms. The molecular formula is C31H38ClN3O4S. The van der Waals surface area contributed by atoms with Crippen molar-refractivity contribution in [2.24, 2.45) is 0 Å². The van der Waals surface area contributed by atoms with Crippen LogP contribution in [-0.4, -0.2) is 50.8 Å². The summed E-state index contributed by atoms with van der Waals surface area (Å²) in [5, 5.41) is 3.35. The third-order valence-corrected chi connectivity index (χ3v) is 8.79. The number of aryl methyl sites for hydroxylation is 1. The van der Waals surface area contributed by atoms with Gasteiger partial charge in [-0.2, -0.15) is 0 Å². The summed E-state index contributed by atoms with van der Waals surface area (Å²) in [4.78, 5) is 28.8. The van der Waals surface area contributed by atoms with Crippen LogP contribution in [0.3, 0.4) is 0 Å². The largest absolute Gasteiger partial charge is 0.354 e. The second kappa shape index (κ2) is 14.9. The van der Waals surface area contributed by atoms with E-state index in [1.165, 1.54) is 29.2 Å². The van der Waals surface area contributed by atoms with Crippen LogP contribution in [0, 0.1) is 6.92 Å². The highest BCUT2D eigenvalue weighted by Gasteiger charge is 2.33. The molecule has 7 nitrogen and oxygen atoms in total. The van der Waals surface area contributed by atoms with E-state index in [-0.39, 0.29) is 17.3 Å². The molecule has 0 aliphatic carbocycles. The second-order valence-electron chi connectivity index (χ2n) is 9.64. The van der Waals surface area contributed by atoms with Gasteiger partial charge in [0.05, 0.1) is 10.6 Å². The number of rotatable bonds is 14. The molecule has 3 rings (SSSR count). The molecule has 0 aliphatic heterocycles. The molecular weight excluding hydrogens is 546 g/mol. The monoisotopic (exact) mass is 583 g/mol. The van der Waals surface area contributed by atoms with E-state index in [9.17, 15) is 18.0 Å². The third kappa shape index (κ3) is 8.08. The number of nitrogens with zero attached hydrogens (tertiary/aromatic N) is 2. The molecule has 0 bridgehead atoms. The summed E-state index contributed by atoms with van der Waals surface area (Å²) >= 11 is 6.01. The predicted molar refractivity (Wildman–Crippen MR) is 161 cm³/mol. The number of para-hydroxylation sites is 1. The first-order valence-corrected chi connectivity index (χ1v) is 15.5. The smallest absolute Gasteiger partial charge is 0.264 e. The van der Waals surface area contributed by atoms with Crippen LogP contribution >= 0.6 is 11.6 Å². The number of sulfonamides is 1. The summed E-state index contributed by atoms with van der Waals surface area (Å²) in [6.07, 6.45) is 2.69. The Kier molecular flexibility index (Phi) is 11.6. The third-order valence-electron chi connectivity index (χ3n) is 6.76. The molecule has 0 spiro atoms. The summed E-state index contributed by atoms with van der Waals surface area (Å²) in [6.45, 7) is 6.03. The van der Waals surface area contributed by atoms with Gasteiger partial charge in [-0.05, 0) is 67.6 Å². The SMILES string of the molecule is CCCCNC(=O)[C@H](CC)N(CCc1ccccc1)C(=O)CN(c1ccccc1C)S(=O)(=O)c1ccc(Cl)cc1. The fourth-order valence-corrected chi connectivity index (χ4v) is 6.10. The van der Waals surface area contributed by atoms with Crippen molar-refractivity contribution in [1.82, 2.24) is 10.2 Å². The molecule has 0 fully saturated rings. The van der Waals surface area contributed by atoms with Crippen molar-refractivity contribution >= 4 is 39.1 Å². The van der Waals surface area contributed by atoms with Crippen molar-refractivity contribution in [3.63, 3.8) is 0 Å². The van der Waals surface area contributed by atoms with Crippen molar-refractivity contribution in [2.75, 3.05) is 23.9 Å². The van der Waals surface area contributed by atoms with E-state index in [0.717, 1.165) is 22.7 Å². The Morgan fingerprint density at radius 1 is 0.925 bits per heavy atom. The average Bonchev–Trinajstić information content (AvgIpc) is 2.95. The Labute approximate surface area is 243 Å². The van der Waals surface area contributed by atoms with Crippen LogP contribution in [0.15, 0.2) is 83.8 Å². The number of carbonyl (C=O) groups is 2. The molecule has 1 N–H and O–H groups in total. The maximum absolute atomic E-state index is 14.0. The van der Waals surface area contributed by atoms with Gasteiger partial charge in [-0.25, -0.2) is 8.42 Å². The molecule has 2 amide bonds. The van der Waals surface area contributed by atoms with Crippen LogP contribution in [0.25, 0.3) is 0 Å². The lowest BCUT2D eigenvalue weighted by Crippen LogP contribution is -2.53. The number of carbonyl (C=O) groups excluding carboxylic acids is 2. The van der Waals surface area contributed by atoms with Crippen molar-refractivity contribution in [1.29, 1.82) is 0 Å². The highest BCUT2D eigenvalue weighted by atomic mass is 35.5. The zero-order valence-electron chi connectivity index (χ0n) is 23.3. The molecule has 0 saturated heterocycles. The van der Waals surface area contributed by atoms with E-state index >= 15 is 0 Å². The summed E-state index contributed by atoms with van der Waals surface area (Å²) in [6, 6.07) is 21.9. The van der Waals surface area contributed by atoms with Crippen LogP contribution in [0.5, 0.6) is 0 Å². The van der Waals surface area contributed by atoms with Crippen molar-refractivity contribution in [3.8, 4) is 0 Å². The molecule has 214 valence electrons. The fourth-order valence-electron chi connectivity index (χ4n) is 4.49. The molecule has 40 heavy (non-hydrogen) atoms. The van der Waals surface area contributed by atoms with E-state index in [0.29, 0.717) is 35.7 Å². The Morgan fingerprint density at radius 3 is 2.20 bits per heavy atom. The molecule has 0 radical (unpaired) electrons. The normalized spacial score (nSPS) is 12.0. The van der Waals surface area contributed by atoms with E-state index in [4.69, 9.17) is 11.6 Å². The molecule has 0 saturated carbocycles. The van der Waals surface area contributed by atoms with Gasteiger partial charge in [-0.15, -0.1) is 0 Å². The van der Waals surface area contributed by atoms with E-state index in [2.05, 4.69) is 5.32 Å². The highest BCUT2D eigenvalue weighted by molar-refractivity contribution is 7.92. The predicted octanol–water partition coefficient (Wildman–Crippen LogP) is 5.61. The van der Waals surface area contributed by atoms with Crippen LogP contribution in [0.2, 0.25) is 5.02 Å². The molecule has 1 atom stereocenters. The maximum atomic E-state index is 14.0. The minimum Gasteiger partial charge on any atom is -0.354 e. The first-order valence-electron chi connectivity index (χ1n) is 13.6. The summed E-state index contributed by atoms with van der Waals surface area (Å²) < 4.78 is 29.0. The van der Waals surface area contributed by atoms with Crippen molar-refractivity contribution < 1.29 is 18.0 Å². The zero-order chi connectivity index (χ0) is 29.1. The average molecular weight is 584 g/mol. The quantitative estimate of drug-likeness (QED) is 0.250. The molecule has 3 aromatic rings. The van der Waals surface area contributed by atoms with Gasteiger partial charge in [0.2, 0.25) is 11.8 Å². The van der Waals surface area contributed by atoms with E-state index in [1.807, 2.05) is 50.2 Å². The number of anilines is 1. The first kappa shape index (κ1) is 31.2. The van der Waals surface area contributed by atoms with Crippen LogP contribution in [-0.2, 0) is 26.0 Å². The van der Waals surface area contributed by atoms with E-state index in [1.54, 1.807) is 25.1 Å². The Hall–Kier alpha value is -3.36. The number of nitrogens with one attached hydrogen (secondary N) is 1. The van der Waals surface area contributed by atoms with Gasteiger partial charge in [0.1, 0.15) is 12.6 Å². The standard InChI is InChI=1S/C31H38ClN3O4S/c1-4-6-21-33-31(37)28(5-2)34(22-20-25-13-8-7-9-14-25)30(36)23-35(29-15-11-10-12-24(29)3)40(38,39)27-18-16-26(32)17-19-27/h7-19,28H,4-6,20-23H2,1-3H3,(H,33,37)/t28-/m0/s1. The number of hydrogen-bond donors (Lipinski definition) is 1. The second-order valence-corrected chi connectivity index (χ2v) is 11.9. The van der Waals surface area contributed by atoms with Crippen molar-refractivity contribution in [2.45, 2.75) is 57.4 Å². The summed E-state index contributed by atoms with van der Waals surface area (Å²) in [7, 11) is -4.13. The van der Waals surface area contributed by atoms with Gasteiger partial charge >= 0.3 is 0 Å². The number of unbranched alkanes of at least 4 members (excludes halogenated alkanes) is 1. The van der Waals surface area contributed by atoms with Crippen LogP contribution in [0.4, 0.5) is 5.69 Å². The van der Waals surface area contributed by atoms with Gasteiger partial charge in [-0.1, -0.05) is 80.4 Å². The van der Waals surface area contributed by atoms with Gasteiger partial charge in [0.15, 0.2) is 0 Å². The van der Waals surface area contributed by atoms with Crippen molar-refractivity contribution in [3.05, 3.63) is 95.0 Å². The van der Waals surface area contributed by atoms with Gasteiger partial charge in [-0.3, -0.25) is 13.9 Å². The van der Waals surface area contributed by atoms with Gasteiger partial charge in [0, 0.05) is 18.1 Å². The minimum atomic E-state index is -4.13. The summed E-state index contributed by atoms with van der Waals surface area (Å²) in [5.74, 6) is -0.686. The Morgan fingerprint density at radius 2 is 1.57 bits per heavy atom. The number of benzene rings is 3. The van der Waals surface area contributed by atoms with E-state index < -0.39 is 28.5 Å². The maximum Gasteiger partial charge on any atom is 0.264 e.